The number of carbonyl (C=O) groups excluding carboxylic acids is 2. The molecule has 186 valence electrons. The van der Waals surface area contributed by atoms with Gasteiger partial charge in [-0.2, -0.15) is 0 Å². The third-order valence-electron chi connectivity index (χ3n) is 5.33. The summed E-state index contributed by atoms with van der Waals surface area (Å²) in [4.78, 5) is 28.0. The van der Waals surface area contributed by atoms with Crippen LogP contribution < -0.4 is 14.4 Å². The summed E-state index contributed by atoms with van der Waals surface area (Å²) in [6, 6.07) is 15.5. The first-order valence-corrected chi connectivity index (χ1v) is 13.2. The van der Waals surface area contributed by atoms with Crippen molar-refractivity contribution in [2.45, 2.75) is 45.7 Å². The van der Waals surface area contributed by atoms with E-state index in [1.54, 1.807) is 24.3 Å². The Morgan fingerprint density at radius 2 is 1.65 bits per heavy atom. The van der Waals surface area contributed by atoms with E-state index in [0.717, 1.165) is 16.1 Å². The summed E-state index contributed by atoms with van der Waals surface area (Å²) in [5.41, 5.74) is 1.28. The fourth-order valence-electron chi connectivity index (χ4n) is 3.71. The third-order valence-corrected chi connectivity index (χ3v) is 6.46. The molecular weight excluding hydrogens is 454 g/mol. The van der Waals surface area contributed by atoms with E-state index in [0.29, 0.717) is 18.6 Å². The molecule has 2 aromatic carbocycles. The monoisotopic (exact) mass is 489 g/mol. The Morgan fingerprint density at radius 3 is 2.21 bits per heavy atom. The van der Waals surface area contributed by atoms with Crippen LogP contribution in [0.4, 0.5) is 5.69 Å². The molecule has 1 atom stereocenters. The molecule has 0 bridgehead atoms. The molecule has 0 aliphatic carbocycles. The van der Waals surface area contributed by atoms with Gasteiger partial charge in [-0.1, -0.05) is 49.4 Å². The molecule has 1 N–H and O–H groups in total. The number of anilines is 1. The van der Waals surface area contributed by atoms with Gasteiger partial charge in [0.05, 0.1) is 19.1 Å². The van der Waals surface area contributed by atoms with Gasteiger partial charge in [0.1, 0.15) is 18.3 Å². The Bertz CT molecular complexity index is 1060. The van der Waals surface area contributed by atoms with Gasteiger partial charge in [-0.15, -0.1) is 0 Å². The van der Waals surface area contributed by atoms with Gasteiger partial charge in [-0.25, -0.2) is 8.42 Å². The van der Waals surface area contributed by atoms with E-state index in [4.69, 9.17) is 4.74 Å². The van der Waals surface area contributed by atoms with Crippen LogP contribution in [0.2, 0.25) is 0 Å². The Labute approximate surface area is 202 Å². The van der Waals surface area contributed by atoms with Gasteiger partial charge in [0.25, 0.3) is 0 Å². The first kappa shape index (κ1) is 27.2. The summed E-state index contributed by atoms with van der Waals surface area (Å²) >= 11 is 0. The van der Waals surface area contributed by atoms with E-state index in [-0.39, 0.29) is 24.2 Å². The van der Waals surface area contributed by atoms with Gasteiger partial charge >= 0.3 is 0 Å². The zero-order valence-corrected chi connectivity index (χ0v) is 21.3. The Hall–Kier alpha value is -3.07. The quantitative estimate of drug-likeness (QED) is 0.495. The first-order chi connectivity index (χ1) is 16.1. The Morgan fingerprint density at radius 1 is 1.03 bits per heavy atom. The lowest BCUT2D eigenvalue weighted by Gasteiger charge is -2.33. The number of carbonyl (C=O) groups is 2. The second-order valence-corrected chi connectivity index (χ2v) is 10.3. The Kier molecular flexibility index (Phi) is 9.92. The second-order valence-electron chi connectivity index (χ2n) is 8.35. The summed E-state index contributed by atoms with van der Waals surface area (Å²) in [6.07, 6.45) is 1.97. The summed E-state index contributed by atoms with van der Waals surface area (Å²) < 4.78 is 31.7. The van der Waals surface area contributed by atoms with Crippen LogP contribution >= 0.6 is 0 Å². The lowest BCUT2D eigenvalue weighted by atomic mass is 10.1. The molecule has 0 saturated heterocycles. The van der Waals surface area contributed by atoms with E-state index in [1.165, 1.54) is 12.0 Å². The highest BCUT2D eigenvalue weighted by Crippen LogP contribution is 2.29. The summed E-state index contributed by atoms with van der Waals surface area (Å²) in [5.74, 6) is -0.388. The molecule has 2 rings (SSSR count). The third kappa shape index (κ3) is 7.48. The smallest absolute Gasteiger partial charge is 0.244 e. The second kappa shape index (κ2) is 12.4. The van der Waals surface area contributed by atoms with Gasteiger partial charge in [-0.05, 0) is 44.4 Å². The van der Waals surface area contributed by atoms with Gasteiger partial charge in [-0.3, -0.25) is 13.9 Å². The van der Waals surface area contributed by atoms with E-state index in [1.807, 2.05) is 51.1 Å². The number of hydrogen-bond acceptors (Lipinski definition) is 5. The van der Waals surface area contributed by atoms with Crippen LogP contribution in [0, 0.1) is 0 Å². The molecule has 34 heavy (non-hydrogen) atoms. The van der Waals surface area contributed by atoms with Crippen molar-refractivity contribution >= 4 is 27.5 Å². The highest BCUT2D eigenvalue weighted by molar-refractivity contribution is 7.92. The predicted molar refractivity (Wildman–Crippen MR) is 134 cm³/mol. The van der Waals surface area contributed by atoms with Gasteiger partial charge < -0.3 is 15.0 Å². The van der Waals surface area contributed by atoms with Crippen LogP contribution in [0.3, 0.4) is 0 Å². The number of methoxy groups -OCH3 is 1. The first-order valence-electron chi connectivity index (χ1n) is 11.3. The van der Waals surface area contributed by atoms with E-state index in [9.17, 15) is 18.0 Å². The molecule has 0 aliphatic rings. The number of ether oxygens (including phenoxy) is 1. The number of hydrogen-bond donors (Lipinski definition) is 1. The highest BCUT2D eigenvalue weighted by atomic mass is 32.2. The normalized spacial score (nSPS) is 12.2. The summed E-state index contributed by atoms with van der Waals surface area (Å²) in [5, 5.41) is 2.88. The number of rotatable bonds is 12. The lowest BCUT2D eigenvalue weighted by Crippen LogP contribution is -2.54. The van der Waals surface area contributed by atoms with Crippen LogP contribution in [-0.4, -0.2) is 63.7 Å². The highest BCUT2D eigenvalue weighted by Gasteiger charge is 2.32. The molecule has 0 aliphatic heterocycles. The van der Waals surface area contributed by atoms with Crippen LogP contribution in [0.25, 0.3) is 0 Å². The van der Waals surface area contributed by atoms with Crippen LogP contribution in [-0.2, 0) is 26.0 Å². The van der Waals surface area contributed by atoms with Gasteiger partial charge in [0.2, 0.25) is 21.8 Å². The molecular formula is C25H35N3O5S. The molecule has 9 heteroatoms. The van der Waals surface area contributed by atoms with Crippen LogP contribution in [0.1, 0.15) is 32.8 Å². The van der Waals surface area contributed by atoms with E-state index >= 15 is 0 Å². The van der Waals surface area contributed by atoms with Crippen molar-refractivity contribution in [3.8, 4) is 5.75 Å². The maximum atomic E-state index is 13.6. The molecule has 2 aromatic rings. The van der Waals surface area contributed by atoms with Crippen molar-refractivity contribution in [3.05, 3.63) is 60.2 Å². The van der Waals surface area contributed by atoms with Crippen LogP contribution in [0.15, 0.2) is 54.6 Å². The van der Waals surface area contributed by atoms with Crippen molar-refractivity contribution in [2.24, 2.45) is 0 Å². The number of nitrogens with zero attached hydrogens (tertiary/aromatic N) is 2. The largest absolute Gasteiger partial charge is 0.495 e. The zero-order valence-electron chi connectivity index (χ0n) is 20.5. The van der Waals surface area contributed by atoms with Crippen molar-refractivity contribution in [3.63, 3.8) is 0 Å². The molecule has 0 spiro atoms. The van der Waals surface area contributed by atoms with Crippen molar-refractivity contribution in [1.82, 2.24) is 10.2 Å². The Balaban J connectivity index is 2.39. The van der Waals surface area contributed by atoms with Crippen molar-refractivity contribution < 1.29 is 22.7 Å². The lowest BCUT2D eigenvalue weighted by molar-refractivity contribution is -0.139. The maximum Gasteiger partial charge on any atom is 0.244 e. The minimum Gasteiger partial charge on any atom is -0.495 e. The number of para-hydroxylation sites is 2. The van der Waals surface area contributed by atoms with Crippen molar-refractivity contribution in [2.75, 3.05) is 30.8 Å². The molecule has 0 fully saturated rings. The average Bonchev–Trinajstić information content (AvgIpc) is 2.79. The SMILES string of the molecule is CC[C@H](C(=O)NC(C)C)N(CCc1ccccc1)C(=O)CN(c1ccccc1OC)S(C)(=O)=O. The van der Waals surface area contributed by atoms with E-state index in [2.05, 4.69) is 5.32 Å². The number of benzene rings is 2. The van der Waals surface area contributed by atoms with Gasteiger partial charge in [0.15, 0.2) is 0 Å². The molecule has 0 heterocycles. The number of amides is 2. The number of nitrogens with one attached hydrogen (secondary N) is 1. The fourth-order valence-corrected chi connectivity index (χ4v) is 4.56. The predicted octanol–water partition coefficient (Wildman–Crippen LogP) is 2.84. The molecule has 0 unspecified atom stereocenters. The van der Waals surface area contributed by atoms with Gasteiger partial charge in [0, 0.05) is 12.6 Å². The fraction of sp³-hybridized carbons (Fsp3) is 0.440. The molecule has 8 nitrogen and oxygen atoms in total. The zero-order chi connectivity index (χ0) is 25.3. The average molecular weight is 490 g/mol. The van der Waals surface area contributed by atoms with Crippen molar-refractivity contribution in [1.29, 1.82) is 0 Å². The van der Waals surface area contributed by atoms with E-state index < -0.39 is 28.5 Å². The standard InChI is InChI=1S/C25H35N3O5S/c1-6-21(25(30)26-19(2)3)27(17-16-20-12-8-7-9-13-20)24(29)18-28(34(5,31)32)22-14-10-11-15-23(22)33-4/h7-15,19,21H,6,16-18H2,1-5H3,(H,26,30)/t21-/m1/s1. The minimum absolute atomic E-state index is 0.0891. The van der Waals surface area contributed by atoms with Crippen LogP contribution in [0.5, 0.6) is 5.75 Å². The molecule has 2 amide bonds. The molecule has 0 saturated carbocycles. The summed E-state index contributed by atoms with van der Waals surface area (Å²) in [6.45, 7) is 5.37. The molecule has 0 aromatic heterocycles. The summed E-state index contributed by atoms with van der Waals surface area (Å²) in [7, 11) is -2.37. The minimum atomic E-state index is -3.81. The molecule has 0 radical (unpaired) electrons. The maximum absolute atomic E-state index is 13.6. The topological polar surface area (TPSA) is 96.0 Å². The number of sulfonamides is 1.